The number of aromatic hydroxyl groups is 1. The van der Waals surface area contributed by atoms with Crippen molar-refractivity contribution in [2.75, 3.05) is 0 Å². The maximum Gasteiger partial charge on any atom is 0.251 e. The van der Waals surface area contributed by atoms with Crippen molar-refractivity contribution < 1.29 is 14.7 Å². The fourth-order valence-corrected chi connectivity index (χ4v) is 2.88. The quantitative estimate of drug-likeness (QED) is 0.653. The highest BCUT2D eigenvalue weighted by molar-refractivity contribution is 9.10. The number of aryl methyl sites for hydroxylation is 2. The molecule has 6 heteroatoms. The summed E-state index contributed by atoms with van der Waals surface area (Å²) in [5.74, 6) is -0.476. The number of hydrogen-bond acceptors (Lipinski definition) is 3. The summed E-state index contributed by atoms with van der Waals surface area (Å²) in [5, 5.41) is 12.3. The molecule has 0 aliphatic carbocycles. The largest absolute Gasteiger partial charge is 0.506 e. The van der Waals surface area contributed by atoms with E-state index in [9.17, 15) is 14.7 Å². The molecule has 0 saturated heterocycles. The van der Waals surface area contributed by atoms with Crippen LogP contribution in [0.3, 0.4) is 0 Å². The normalized spacial score (nSPS) is 10.6. The number of benzene rings is 2. The minimum absolute atomic E-state index is 0.00528. The second-order valence-electron chi connectivity index (χ2n) is 7.51. The van der Waals surface area contributed by atoms with E-state index in [-0.39, 0.29) is 17.2 Å². The predicted molar refractivity (Wildman–Crippen MR) is 112 cm³/mol. The number of nitrogens with two attached hydrogens (primary N) is 1. The van der Waals surface area contributed by atoms with Gasteiger partial charge in [-0.3, -0.25) is 9.59 Å². The lowest BCUT2D eigenvalue weighted by atomic mass is 10.0. The van der Waals surface area contributed by atoms with Crippen LogP contribution in [0, 0.1) is 20.8 Å². The van der Waals surface area contributed by atoms with Crippen molar-refractivity contribution in [2.45, 2.75) is 47.1 Å². The molecule has 0 bridgehead atoms. The number of carbonyl (C=O) groups is 2. The van der Waals surface area contributed by atoms with Gasteiger partial charge in [-0.2, -0.15) is 0 Å². The summed E-state index contributed by atoms with van der Waals surface area (Å²) < 4.78 is 0.560. The van der Waals surface area contributed by atoms with Crippen LogP contribution in [0.4, 0.5) is 0 Å². The minimum Gasteiger partial charge on any atom is -0.506 e. The van der Waals surface area contributed by atoms with E-state index in [2.05, 4.69) is 27.3 Å². The fourth-order valence-electron chi connectivity index (χ4n) is 2.45. The van der Waals surface area contributed by atoms with E-state index in [1.807, 2.05) is 46.8 Å². The van der Waals surface area contributed by atoms with Crippen LogP contribution in [-0.4, -0.2) is 22.5 Å². The second-order valence-corrected chi connectivity index (χ2v) is 8.37. The molecule has 0 aromatic heterocycles. The third-order valence-electron chi connectivity index (χ3n) is 3.62. The van der Waals surface area contributed by atoms with Crippen LogP contribution in [0.1, 0.15) is 58.2 Å². The highest BCUT2D eigenvalue weighted by atomic mass is 79.9. The lowest BCUT2D eigenvalue weighted by Crippen LogP contribution is -2.40. The van der Waals surface area contributed by atoms with Gasteiger partial charge in [0.05, 0.1) is 4.47 Å². The van der Waals surface area contributed by atoms with Gasteiger partial charge in [0.25, 0.3) is 5.91 Å². The molecule has 2 aromatic carbocycles. The van der Waals surface area contributed by atoms with Crippen LogP contribution in [0.5, 0.6) is 5.75 Å². The van der Waals surface area contributed by atoms with Gasteiger partial charge in [-0.25, -0.2) is 0 Å². The van der Waals surface area contributed by atoms with E-state index in [4.69, 9.17) is 5.73 Å². The number of amides is 2. The summed E-state index contributed by atoms with van der Waals surface area (Å²) in [6.07, 6.45) is 0. The number of phenols is 1. The Labute approximate surface area is 169 Å². The highest BCUT2D eigenvalue weighted by Crippen LogP contribution is 2.29. The summed E-state index contributed by atoms with van der Waals surface area (Å²) in [4.78, 5) is 22.6. The number of halogens is 1. The van der Waals surface area contributed by atoms with Crippen LogP contribution in [0.15, 0.2) is 34.8 Å². The molecule has 5 nitrogen and oxygen atoms in total. The maximum atomic E-state index is 11.9. The van der Waals surface area contributed by atoms with Gasteiger partial charge in [0.1, 0.15) is 5.75 Å². The van der Waals surface area contributed by atoms with Crippen molar-refractivity contribution in [3.8, 4) is 5.75 Å². The van der Waals surface area contributed by atoms with Gasteiger partial charge < -0.3 is 16.2 Å². The number of primary amides is 1. The molecule has 0 radical (unpaired) electrons. The topological polar surface area (TPSA) is 92.4 Å². The van der Waals surface area contributed by atoms with E-state index < -0.39 is 5.91 Å². The lowest BCUT2D eigenvalue weighted by molar-refractivity contribution is 0.0918. The van der Waals surface area contributed by atoms with Gasteiger partial charge >= 0.3 is 0 Å². The lowest BCUT2D eigenvalue weighted by Gasteiger charge is -2.20. The van der Waals surface area contributed by atoms with Crippen molar-refractivity contribution >= 4 is 27.7 Å². The molecule has 4 N–H and O–H groups in total. The molecule has 0 aliphatic rings. The zero-order valence-corrected chi connectivity index (χ0v) is 18.2. The Morgan fingerprint density at radius 1 is 1.04 bits per heavy atom. The Balaban J connectivity index is 0.000000277. The van der Waals surface area contributed by atoms with Gasteiger partial charge in [0.2, 0.25) is 5.91 Å². The van der Waals surface area contributed by atoms with Crippen LogP contribution in [0.2, 0.25) is 0 Å². The van der Waals surface area contributed by atoms with Crippen LogP contribution < -0.4 is 11.1 Å². The summed E-state index contributed by atoms with van der Waals surface area (Å²) in [6, 6.07) is 9.04. The first kappa shape index (κ1) is 22.7. The van der Waals surface area contributed by atoms with Gasteiger partial charge in [-0.15, -0.1) is 0 Å². The van der Waals surface area contributed by atoms with E-state index in [1.165, 1.54) is 0 Å². The molecule has 0 spiro atoms. The van der Waals surface area contributed by atoms with Gasteiger partial charge in [0.15, 0.2) is 0 Å². The molecule has 0 atom stereocenters. The van der Waals surface area contributed by atoms with E-state index in [1.54, 1.807) is 19.1 Å². The van der Waals surface area contributed by atoms with E-state index in [0.29, 0.717) is 15.6 Å². The Bertz CT molecular complexity index is 835. The third kappa shape index (κ3) is 7.06. The van der Waals surface area contributed by atoms with Crippen molar-refractivity contribution in [3.63, 3.8) is 0 Å². The number of rotatable bonds is 2. The number of carbonyl (C=O) groups excluding carboxylic acids is 2. The molecule has 0 unspecified atom stereocenters. The second kappa shape index (κ2) is 9.04. The third-order valence-corrected chi connectivity index (χ3v) is 4.26. The monoisotopic (exact) mass is 434 g/mol. The molecule has 146 valence electrons. The first-order valence-electron chi connectivity index (χ1n) is 8.50. The number of phenolic OH excluding ortho intramolecular Hbond substituents is 1. The maximum absolute atomic E-state index is 11.9. The summed E-state index contributed by atoms with van der Waals surface area (Å²) in [7, 11) is 0. The zero-order chi connectivity index (χ0) is 20.9. The molecular formula is C21H27BrN2O3. The molecule has 0 heterocycles. The van der Waals surface area contributed by atoms with Gasteiger partial charge in [-0.05, 0) is 81.7 Å². The molecule has 0 saturated carbocycles. The fraction of sp³-hybridized carbons (Fsp3) is 0.333. The van der Waals surface area contributed by atoms with Crippen molar-refractivity contribution in [1.29, 1.82) is 0 Å². The molecule has 2 amide bonds. The zero-order valence-electron chi connectivity index (χ0n) is 16.6. The van der Waals surface area contributed by atoms with Crippen molar-refractivity contribution in [1.82, 2.24) is 5.32 Å². The highest BCUT2D eigenvalue weighted by Gasteiger charge is 2.15. The van der Waals surface area contributed by atoms with Crippen molar-refractivity contribution in [3.05, 3.63) is 62.6 Å². The average molecular weight is 435 g/mol. The van der Waals surface area contributed by atoms with Gasteiger partial charge in [-0.1, -0.05) is 17.2 Å². The van der Waals surface area contributed by atoms with Gasteiger partial charge in [0, 0.05) is 22.2 Å². The average Bonchev–Trinajstić information content (AvgIpc) is 2.50. The van der Waals surface area contributed by atoms with Crippen LogP contribution in [0.25, 0.3) is 0 Å². The number of nitrogens with one attached hydrogen (secondary N) is 1. The first-order valence-corrected chi connectivity index (χ1v) is 9.30. The molecule has 27 heavy (non-hydrogen) atoms. The Kier molecular flexibility index (Phi) is 7.60. The molecule has 0 fully saturated rings. The predicted octanol–water partition coefficient (Wildman–Crippen LogP) is 4.39. The number of hydrogen-bond donors (Lipinski definition) is 3. The molecule has 2 rings (SSSR count). The van der Waals surface area contributed by atoms with E-state index in [0.717, 1.165) is 16.7 Å². The minimum atomic E-state index is -0.532. The van der Waals surface area contributed by atoms with Crippen LogP contribution >= 0.6 is 15.9 Å². The molecule has 0 aliphatic heterocycles. The molecule has 2 aromatic rings. The smallest absolute Gasteiger partial charge is 0.251 e. The summed E-state index contributed by atoms with van der Waals surface area (Å²) in [6.45, 7) is 11.6. The Hall–Kier alpha value is -2.34. The Morgan fingerprint density at radius 2 is 1.56 bits per heavy atom. The first-order chi connectivity index (χ1) is 12.3. The van der Waals surface area contributed by atoms with Crippen molar-refractivity contribution in [2.24, 2.45) is 5.73 Å². The molecular weight excluding hydrogens is 408 g/mol. The van der Waals surface area contributed by atoms with Crippen LogP contribution in [-0.2, 0) is 0 Å². The van der Waals surface area contributed by atoms with E-state index >= 15 is 0 Å². The standard InChI is InChI=1S/C13H19NO.C8H8BrNO2/c1-9-6-10(2)8-11(7-9)12(15)14-13(3,4)5;1-4-5(8(10)12)2-3-6(9)7(4)11/h6-8H,1-5H3,(H,14,15);2-3,11H,1H3,(H2,10,12). The summed E-state index contributed by atoms with van der Waals surface area (Å²) in [5.41, 5.74) is 8.70. The SMILES string of the molecule is Cc1c(C(N)=O)ccc(Br)c1O.Cc1cc(C)cc(C(=O)NC(C)(C)C)c1. The Morgan fingerprint density at radius 3 is 2.00 bits per heavy atom. The summed E-state index contributed by atoms with van der Waals surface area (Å²) >= 11 is 3.13.